The lowest BCUT2D eigenvalue weighted by Crippen LogP contribution is -2.31. The maximum absolute atomic E-state index is 10.8. The van der Waals surface area contributed by atoms with Crippen LogP contribution in [0.1, 0.15) is 32.0 Å². The van der Waals surface area contributed by atoms with Gasteiger partial charge in [-0.1, -0.05) is 11.3 Å². The Morgan fingerprint density at radius 1 is 1.35 bits per heavy atom. The third kappa shape index (κ3) is 2.27. The molecule has 1 atom stereocenters. The maximum atomic E-state index is 10.8. The van der Waals surface area contributed by atoms with Crippen molar-refractivity contribution in [3.63, 3.8) is 0 Å². The molecule has 1 aliphatic heterocycles. The molecule has 1 aliphatic rings. The van der Waals surface area contributed by atoms with Gasteiger partial charge in [0.1, 0.15) is 17.1 Å². The molecule has 3 heterocycles. The Morgan fingerprint density at radius 2 is 2.20 bits per heavy atom. The normalized spacial score (nSPS) is 22.7. The first-order valence-electron chi connectivity index (χ1n) is 6.89. The fourth-order valence-corrected chi connectivity index (χ4v) is 2.48. The zero-order chi connectivity index (χ0) is 14.2. The smallest absolute Gasteiger partial charge is 0.129 e. The van der Waals surface area contributed by atoms with Gasteiger partial charge in [-0.05, 0) is 26.0 Å². The molecule has 6 nitrogen and oxygen atoms in total. The molecule has 106 valence electrons. The molecule has 0 saturated carbocycles. The quantitative estimate of drug-likeness (QED) is 0.914. The second-order valence-corrected chi connectivity index (χ2v) is 5.57. The second kappa shape index (κ2) is 4.86. The van der Waals surface area contributed by atoms with Crippen molar-refractivity contribution in [1.82, 2.24) is 20.0 Å². The monoisotopic (exact) mass is 273 g/mol. The first-order valence-corrected chi connectivity index (χ1v) is 6.89. The van der Waals surface area contributed by atoms with Gasteiger partial charge in [0, 0.05) is 25.2 Å². The summed E-state index contributed by atoms with van der Waals surface area (Å²) < 4.78 is 1.77. The lowest BCUT2D eigenvalue weighted by Gasteiger charge is -2.21. The molecule has 0 bridgehead atoms. The van der Waals surface area contributed by atoms with Crippen LogP contribution in [0.2, 0.25) is 0 Å². The van der Waals surface area contributed by atoms with Gasteiger partial charge in [0.05, 0.1) is 12.7 Å². The summed E-state index contributed by atoms with van der Waals surface area (Å²) in [6.45, 7) is 5.34. The van der Waals surface area contributed by atoms with Gasteiger partial charge in [0.15, 0.2) is 0 Å². The Hall–Kier alpha value is -1.95. The van der Waals surface area contributed by atoms with E-state index in [1.807, 2.05) is 38.2 Å². The third-order valence-corrected chi connectivity index (χ3v) is 3.74. The first kappa shape index (κ1) is 13.1. The van der Waals surface area contributed by atoms with E-state index in [1.165, 1.54) is 0 Å². The summed E-state index contributed by atoms with van der Waals surface area (Å²) in [5, 5.41) is 19.0. The number of pyridine rings is 1. The molecule has 2 aromatic rings. The van der Waals surface area contributed by atoms with Gasteiger partial charge in [-0.15, -0.1) is 5.10 Å². The second-order valence-electron chi connectivity index (χ2n) is 5.57. The van der Waals surface area contributed by atoms with Crippen LogP contribution in [0.25, 0.3) is 0 Å². The van der Waals surface area contributed by atoms with Crippen molar-refractivity contribution in [2.24, 2.45) is 0 Å². The van der Waals surface area contributed by atoms with Crippen LogP contribution in [0, 0.1) is 0 Å². The van der Waals surface area contributed by atoms with Crippen LogP contribution in [0.15, 0.2) is 30.6 Å². The number of rotatable bonds is 3. The van der Waals surface area contributed by atoms with E-state index in [-0.39, 0.29) is 6.04 Å². The highest BCUT2D eigenvalue weighted by molar-refractivity contribution is 5.41. The van der Waals surface area contributed by atoms with E-state index in [1.54, 1.807) is 10.9 Å². The molecule has 1 fully saturated rings. The highest BCUT2D eigenvalue weighted by Gasteiger charge is 2.40. The highest BCUT2D eigenvalue weighted by atomic mass is 16.3. The molecule has 0 amide bonds. The first-order chi connectivity index (χ1) is 9.58. The third-order valence-electron chi connectivity index (χ3n) is 3.74. The van der Waals surface area contributed by atoms with E-state index in [9.17, 15) is 5.11 Å². The fourth-order valence-electron chi connectivity index (χ4n) is 2.48. The molecular weight excluding hydrogens is 254 g/mol. The molecule has 1 saturated heterocycles. The SMILES string of the molecule is CC(C)n1cc(C2(O)CCN(c3ccccn3)C2)nn1. The van der Waals surface area contributed by atoms with Gasteiger partial charge >= 0.3 is 0 Å². The summed E-state index contributed by atoms with van der Waals surface area (Å²) in [4.78, 5) is 6.40. The van der Waals surface area contributed by atoms with Crippen molar-refractivity contribution < 1.29 is 5.11 Å². The predicted molar refractivity (Wildman–Crippen MR) is 75.4 cm³/mol. The zero-order valence-corrected chi connectivity index (χ0v) is 11.8. The number of hydrogen-bond donors (Lipinski definition) is 1. The van der Waals surface area contributed by atoms with Crippen LogP contribution in [0.3, 0.4) is 0 Å². The molecule has 2 aromatic heterocycles. The van der Waals surface area contributed by atoms with Crippen molar-refractivity contribution in [2.75, 3.05) is 18.0 Å². The number of β-amino-alcohol motifs (C(OH)–C–C–N with tert-alkyl or cyclic N) is 1. The average molecular weight is 273 g/mol. The fraction of sp³-hybridized carbons (Fsp3) is 0.500. The topological polar surface area (TPSA) is 67.1 Å². The predicted octanol–water partition coefficient (Wildman–Crippen LogP) is 1.35. The lowest BCUT2D eigenvalue weighted by atomic mass is 10.00. The number of aliphatic hydroxyl groups is 1. The van der Waals surface area contributed by atoms with Crippen LogP contribution < -0.4 is 4.90 Å². The standard InChI is InChI=1S/C14H19N5O/c1-11(2)19-9-12(16-17-19)14(20)6-8-18(10-14)13-5-3-4-7-15-13/h3-5,7,9,11,20H,6,8,10H2,1-2H3. The average Bonchev–Trinajstić information content (AvgIpc) is 3.07. The number of nitrogens with zero attached hydrogens (tertiary/aromatic N) is 5. The Kier molecular flexibility index (Phi) is 3.17. The minimum Gasteiger partial charge on any atom is -0.381 e. The molecule has 0 spiro atoms. The van der Waals surface area contributed by atoms with Crippen molar-refractivity contribution in [3.8, 4) is 0 Å². The Morgan fingerprint density at radius 3 is 2.85 bits per heavy atom. The molecule has 1 N–H and O–H groups in total. The van der Waals surface area contributed by atoms with Gasteiger partial charge in [-0.2, -0.15) is 0 Å². The maximum Gasteiger partial charge on any atom is 0.129 e. The Bertz CT molecular complexity index is 582. The summed E-state index contributed by atoms with van der Waals surface area (Å²) in [5.41, 5.74) is -0.297. The van der Waals surface area contributed by atoms with Crippen molar-refractivity contribution in [1.29, 1.82) is 0 Å². The van der Waals surface area contributed by atoms with Crippen LogP contribution in [0.4, 0.5) is 5.82 Å². The number of aromatic nitrogens is 4. The van der Waals surface area contributed by atoms with E-state index in [2.05, 4.69) is 20.2 Å². The number of anilines is 1. The van der Waals surface area contributed by atoms with Crippen molar-refractivity contribution >= 4 is 5.82 Å². The highest BCUT2D eigenvalue weighted by Crippen LogP contribution is 2.32. The van der Waals surface area contributed by atoms with E-state index >= 15 is 0 Å². The van der Waals surface area contributed by atoms with E-state index < -0.39 is 5.60 Å². The minimum absolute atomic E-state index is 0.244. The van der Waals surface area contributed by atoms with Crippen LogP contribution in [0.5, 0.6) is 0 Å². The largest absolute Gasteiger partial charge is 0.381 e. The molecule has 0 aromatic carbocycles. The molecule has 0 radical (unpaired) electrons. The molecular formula is C14H19N5O. The van der Waals surface area contributed by atoms with Crippen molar-refractivity contribution in [3.05, 3.63) is 36.3 Å². The molecule has 0 aliphatic carbocycles. The summed E-state index contributed by atoms with van der Waals surface area (Å²) in [6.07, 6.45) is 4.24. The lowest BCUT2D eigenvalue weighted by molar-refractivity contribution is 0.0559. The molecule has 20 heavy (non-hydrogen) atoms. The summed E-state index contributed by atoms with van der Waals surface area (Å²) in [7, 11) is 0. The van der Waals surface area contributed by atoms with Crippen LogP contribution in [-0.2, 0) is 5.60 Å². The van der Waals surface area contributed by atoms with E-state index in [0.29, 0.717) is 18.7 Å². The van der Waals surface area contributed by atoms with Crippen molar-refractivity contribution in [2.45, 2.75) is 31.9 Å². The van der Waals surface area contributed by atoms with Crippen LogP contribution in [-0.4, -0.2) is 38.2 Å². The van der Waals surface area contributed by atoms with Gasteiger partial charge in [0.25, 0.3) is 0 Å². The summed E-state index contributed by atoms with van der Waals surface area (Å²) in [5.74, 6) is 0.889. The van der Waals surface area contributed by atoms with Crippen LogP contribution >= 0.6 is 0 Å². The van der Waals surface area contributed by atoms with Gasteiger partial charge in [-0.25, -0.2) is 9.67 Å². The Labute approximate surface area is 118 Å². The molecule has 6 heteroatoms. The van der Waals surface area contributed by atoms with Gasteiger partial charge in [0.2, 0.25) is 0 Å². The summed E-state index contributed by atoms with van der Waals surface area (Å²) >= 11 is 0. The zero-order valence-electron chi connectivity index (χ0n) is 11.8. The molecule has 3 rings (SSSR count). The van der Waals surface area contributed by atoms with E-state index in [0.717, 1.165) is 12.4 Å². The molecule has 1 unspecified atom stereocenters. The number of hydrogen-bond acceptors (Lipinski definition) is 5. The Balaban J connectivity index is 1.80. The van der Waals surface area contributed by atoms with E-state index in [4.69, 9.17) is 0 Å². The van der Waals surface area contributed by atoms with Gasteiger partial charge < -0.3 is 10.0 Å². The summed E-state index contributed by atoms with van der Waals surface area (Å²) in [6, 6.07) is 6.04. The minimum atomic E-state index is -0.940. The van der Waals surface area contributed by atoms with Gasteiger partial charge in [-0.3, -0.25) is 0 Å².